The van der Waals surface area contributed by atoms with E-state index in [9.17, 15) is 8.42 Å². The minimum Gasteiger partial charge on any atom is -0.313 e. The molecule has 1 heterocycles. The van der Waals surface area contributed by atoms with Gasteiger partial charge in [-0.1, -0.05) is 13.0 Å². The number of benzene rings is 1. The fourth-order valence-corrected chi connectivity index (χ4v) is 3.98. The molecular weight excluding hydrogens is 356 g/mol. The summed E-state index contributed by atoms with van der Waals surface area (Å²) in [4.78, 5) is 0.201. The lowest BCUT2D eigenvalue weighted by atomic mass is 10.2. The number of sulfonamides is 1. The third-order valence-corrected chi connectivity index (χ3v) is 5.18. The van der Waals surface area contributed by atoms with Gasteiger partial charge in [-0.3, -0.25) is 9.40 Å². The van der Waals surface area contributed by atoms with E-state index in [0.717, 1.165) is 12.1 Å². The number of hydrogen-bond acceptors (Lipinski definition) is 4. The highest BCUT2D eigenvalue weighted by molar-refractivity contribution is 9.10. The first-order valence-corrected chi connectivity index (χ1v) is 8.70. The first-order chi connectivity index (χ1) is 9.92. The van der Waals surface area contributed by atoms with Crippen LogP contribution in [0.4, 0.5) is 5.69 Å². The maximum absolute atomic E-state index is 12.4. The first kappa shape index (κ1) is 16.0. The van der Waals surface area contributed by atoms with Crippen LogP contribution in [-0.2, 0) is 23.6 Å². The maximum atomic E-state index is 12.4. The predicted octanol–water partition coefficient (Wildman–Crippen LogP) is 2.09. The Kier molecular flexibility index (Phi) is 5.02. The molecule has 0 aliphatic heterocycles. The van der Waals surface area contributed by atoms with Gasteiger partial charge in [-0.15, -0.1) is 0 Å². The Morgan fingerprint density at radius 3 is 2.71 bits per heavy atom. The van der Waals surface area contributed by atoms with Crippen molar-refractivity contribution in [1.82, 2.24) is 15.1 Å². The van der Waals surface area contributed by atoms with Crippen LogP contribution in [0, 0.1) is 0 Å². The van der Waals surface area contributed by atoms with Gasteiger partial charge in [-0.2, -0.15) is 5.10 Å². The average molecular weight is 373 g/mol. The largest absolute Gasteiger partial charge is 0.313 e. The molecule has 114 valence electrons. The molecular formula is C13H17BrN4O2S. The van der Waals surface area contributed by atoms with E-state index < -0.39 is 10.0 Å². The monoisotopic (exact) mass is 372 g/mol. The van der Waals surface area contributed by atoms with Crippen LogP contribution in [0.5, 0.6) is 0 Å². The molecule has 2 N–H and O–H groups in total. The summed E-state index contributed by atoms with van der Waals surface area (Å²) in [5.74, 6) is 0. The van der Waals surface area contributed by atoms with Crippen molar-refractivity contribution in [2.24, 2.45) is 7.05 Å². The third-order valence-electron chi connectivity index (χ3n) is 2.82. The van der Waals surface area contributed by atoms with E-state index in [1.165, 1.54) is 10.9 Å². The SMILES string of the molecule is CCNCc1ccc(S(=O)(=O)Nc2cnn(C)c2)c(Br)c1. The number of nitrogens with one attached hydrogen (secondary N) is 2. The van der Waals surface area contributed by atoms with Crippen LogP contribution in [0.25, 0.3) is 0 Å². The van der Waals surface area contributed by atoms with Crippen molar-refractivity contribution in [2.45, 2.75) is 18.4 Å². The van der Waals surface area contributed by atoms with Gasteiger partial charge in [0.1, 0.15) is 4.90 Å². The number of rotatable bonds is 6. The molecule has 2 rings (SSSR count). The molecule has 0 aliphatic carbocycles. The second-order valence-electron chi connectivity index (χ2n) is 4.55. The molecule has 0 spiro atoms. The lowest BCUT2D eigenvalue weighted by Crippen LogP contribution is -2.15. The van der Waals surface area contributed by atoms with Gasteiger partial charge in [0, 0.05) is 24.3 Å². The first-order valence-electron chi connectivity index (χ1n) is 6.43. The van der Waals surface area contributed by atoms with Crippen molar-refractivity contribution in [3.8, 4) is 0 Å². The van der Waals surface area contributed by atoms with Gasteiger partial charge in [0.25, 0.3) is 10.0 Å². The Labute approximate surface area is 132 Å². The molecule has 0 atom stereocenters. The van der Waals surface area contributed by atoms with E-state index in [0.29, 0.717) is 16.7 Å². The van der Waals surface area contributed by atoms with Crippen molar-refractivity contribution >= 4 is 31.6 Å². The van der Waals surface area contributed by atoms with E-state index in [2.05, 4.69) is 31.1 Å². The van der Waals surface area contributed by atoms with Gasteiger partial charge in [0.05, 0.1) is 11.9 Å². The second-order valence-corrected chi connectivity index (χ2v) is 7.06. The molecule has 6 nitrogen and oxygen atoms in total. The Morgan fingerprint density at radius 1 is 1.38 bits per heavy atom. The molecule has 0 saturated heterocycles. The van der Waals surface area contributed by atoms with Gasteiger partial charge >= 0.3 is 0 Å². The number of halogens is 1. The zero-order valence-electron chi connectivity index (χ0n) is 11.8. The fourth-order valence-electron chi connectivity index (χ4n) is 1.83. The highest BCUT2D eigenvalue weighted by Gasteiger charge is 2.18. The average Bonchev–Trinajstić information content (AvgIpc) is 2.80. The van der Waals surface area contributed by atoms with Gasteiger partial charge in [0.2, 0.25) is 0 Å². The van der Waals surface area contributed by atoms with Crippen LogP contribution in [0.2, 0.25) is 0 Å². The van der Waals surface area contributed by atoms with Crippen LogP contribution < -0.4 is 10.0 Å². The van der Waals surface area contributed by atoms with Gasteiger partial charge in [0.15, 0.2) is 0 Å². The van der Waals surface area contributed by atoms with Crippen molar-refractivity contribution < 1.29 is 8.42 Å². The highest BCUT2D eigenvalue weighted by Crippen LogP contribution is 2.25. The number of aromatic nitrogens is 2. The summed E-state index contributed by atoms with van der Waals surface area (Å²) in [6.45, 7) is 3.58. The lowest BCUT2D eigenvalue weighted by Gasteiger charge is -2.10. The number of anilines is 1. The quantitative estimate of drug-likeness (QED) is 0.813. The van der Waals surface area contributed by atoms with Crippen LogP contribution in [0.3, 0.4) is 0 Å². The Balaban J connectivity index is 2.23. The molecule has 21 heavy (non-hydrogen) atoms. The minimum absolute atomic E-state index is 0.201. The molecule has 2 aromatic rings. The van der Waals surface area contributed by atoms with Crippen LogP contribution in [0.15, 0.2) is 40.0 Å². The van der Waals surface area contributed by atoms with Crippen molar-refractivity contribution in [3.63, 3.8) is 0 Å². The zero-order valence-corrected chi connectivity index (χ0v) is 14.2. The smallest absolute Gasteiger partial charge is 0.263 e. The molecule has 0 unspecified atom stereocenters. The number of nitrogens with zero attached hydrogens (tertiary/aromatic N) is 2. The topological polar surface area (TPSA) is 76.0 Å². The molecule has 1 aromatic heterocycles. The van der Waals surface area contributed by atoms with Crippen LogP contribution in [0.1, 0.15) is 12.5 Å². The Bertz CT molecular complexity index is 728. The summed E-state index contributed by atoms with van der Waals surface area (Å²) in [6, 6.07) is 5.20. The molecule has 8 heteroatoms. The highest BCUT2D eigenvalue weighted by atomic mass is 79.9. The number of aryl methyl sites for hydroxylation is 1. The maximum Gasteiger partial charge on any atom is 0.263 e. The fraction of sp³-hybridized carbons (Fsp3) is 0.308. The summed E-state index contributed by atoms with van der Waals surface area (Å²) in [7, 11) is -1.91. The van der Waals surface area contributed by atoms with E-state index in [-0.39, 0.29) is 4.90 Å². The third kappa shape index (κ3) is 4.05. The van der Waals surface area contributed by atoms with Crippen molar-refractivity contribution in [2.75, 3.05) is 11.3 Å². The van der Waals surface area contributed by atoms with Gasteiger partial charge < -0.3 is 5.32 Å². The zero-order chi connectivity index (χ0) is 15.5. The normalized spacial score (nSPS) is 11.6. The van der Waals surface area contributed by atoms with Gasteiger partial charge in [-0.25, -0.2) is 8.42 Å². The van der Waals surface area contributed by atoms with E-state index >= 15 is 0 Å². The summed E-state index contributed by atoms with van der Waals surface area (Å²) in [5, 5.41) is 7.13. The van der Waals surface area contributed by atoms with Crippen LogP contribution in [-0.4, -0.2) is 24.7 Å². The summed E-state index contributed by atoms with van der Waals surface area (Å²) in [5.41, 5.74) is 1.45. The summed E-state index contributed by atoms with van der Waals surface area (Å²) >= 11 is 3.33. The molecule has 0 radical (unpaired) electrons. The standard InChI is InChI=1S/C13H17BrN4O2S/c1-3-15-7-10-4-5-13(12(14)6-10)21(19,20)17-11-8-16-18(2)9-11/h4-6,8-9,15,17H,3,7H2,1-2H3. The molecule has 1 aromatic carbocycles. The summed E-state index contributed by atoms with van der Waals surface area (Å²) in [6.07, 6.45) is 3.07. The summed E-state index contributed by atoms with van der Waals surface area (Å²) < 4.78 is 29.3. The van der Waals surface area contributed by atoms with Crippen LogP contribution >= 0.6 is 15.9 Å². The lowest BCUT2D eigenvalue weighted by molar-refractivity contribution is 0.600. The van der Waals surface area contributed by atoms with E-state index in [1.807, 2.05) is 6.92 Å². The Hall–Kier alpha value is -1.38. The predicted molar refractivity (Wildman–Crippen MR) is 85.5 cm³/mol. The Morgan fingerprint density at radius 2 is 2.14 bits per heavy atom. The van der Waals surface area contributed by atoms with Gasteiger partial charge in [-0.05, 0) is 40.2 Å². The van der Waals surface area contributed by atoms with E-state index in [4.69, 9.17) is 0 Å². The number of hydrogen-bond donors (Lipinski definition) is 2. The minimum atomic E-state index is -3.64. The molecule has 0 fully saturated rings. The molecule has 0 bridgehead atoms. The molecule has 0 saturated carbocycles. The van der Waals surface area contributed by atoms with E-state index in [1.54, 1.807) is 31.4 Å². The van der Waals surface area contributed by atoms with Crippen molar-refractivity contribution in [1.29, 1.82) is 0 Å². The molecule has 0 amide bonds. The van der Waals surface area contributed by atoms with Crippen molar-refractivity contribution in [3.05, 3.63) is 40.6 Å². The second kappa shape index (κ2) is 6.59. The molecule has 0 aliphatic rings.